The average molecular weight is 249 g/mol. The van der Waals surface area contributed by atoms with Gasteiger partial charge in [0.25, 0.3) is 0 Å². The van der Waals surface area contributed by atoms with E-state index in [2.05, 4.69) is 21.8 Å². The Kier molecular flexibility index (Phi) is 4.66. The van der Waals surface area contributed by atoms with Crippen molar-refractivity contribution in [3.8, 4) is 0 Å². The van der Waals surface area contributed by atoms with Crippen LogP contribution in [0.1, 0.15) is 38.4 Å². The van der Waals surface area contributed by atoms with Gasteiger partial charge < -0.3 is 5.11 Å². The largest absolute Gasteiger partial charge is 0.396 e. The molecule has 1 atom stereocenters. The molecule has 0 saturated carbocycles. The Bertz CT molecular complexity index is 353. The number of hydrogen-bond acceptors (Lipinski definition) is 4. The first-order valence-corrected chi connectivity index (χ1v) is 6.87. The summed E-state index contributed by atoms with van der Waals surface area (Å²) in [6.45, 7) is 5.34. The maximum absolute atomic E-state index is 9.70. The molecule has 2 heterocycles. The quantitative estimate of drug-likeness (QED) is 0.865. The third kappa shape index (κ3) is 3.27. The molecular weight excluding hydrogens is 226 g/mol. The molecule has 2 rings (SSSR count). The van der Waals surface area contributed by atoms with E-state index in [1.807, 2.05) is 6.07 Å². The van der Waals surface area contributed by atoms with Crippen molar-refractivity contribution in [3.05, 3.63) is 24.3 Å². The Morgan fingerprint density at radius 3 is 2.83 bits per heavy atom. The van der Waals surface area contributed by atoms with Gasteiger partial charge in [-0.2, -0.15) is 0 Å². The molecule has 1 fully saturated rings. The van der Waals surface area contributed by atoms with Crippen molar-refractivity contribution < 1.29 is 5.11 Å². The van der Waals surface area contributed by atoms with E-state index in [0.717, 1.165) is 51.1 Å². The van der Waals surface area contributed by atoms with Crippen molar-refractivity contribution in [2.24, 2.45) is 5.41 Å². The van der Waals surface area contributed by atoms with E-state index >= 15 is 0 Å². The number of nitrogens with zero attached hydrogens (tertiary/aromatic N) is 3. The van der Waals surface area contributed by atoms with E-state index < -0.39 is 0 Å². The predicted octanol–water partition coefficient (Wildman–Crippen LogP) is 1.85. The van der Waals surface area contributed by atoms with E-state index in [4.69, 9.17) is 0 Å². The summed E-state index contributed by atoms with van der Waals surface area (Å²) in [4.78, 5) is 10.9. The molecule has 1 N–H and O–H groups in total. The second kappa shape index (κ2) is 6.25. The highest BCUT2D eigenvalue weighted by molar-refractivity contribution is 4.92. The highest BCUT2D eigenvalue weighted by Gasteiger charge is 2.34. The molecule has 4 nitrogen and oxygen atoms in total. The number of likely N-dealkylation sites (tertiary alicyclic amines) is 1. The van der Waals surface area contributed by atoms with Gasteiger partial charge in [0.1, 0.15) is 5.82 Å². The first-order chi connectivity index (χ1) is 8.78. The maximum atomic E-state index is 9.70. The zero-order valence-electron chi connectivity index (χ0n) is 11.2. The maximum Gasteiger partial charge on any atom is 0.142 e. The van der Waals surface area contributed by atoms with Gasteiger partial charge in [-0.05, 0) is 31.9 Å². The van der Waals surface area contributed by atoms with Gasteiger partial charge in [0.2, 0.25) is 0 Å². The topological polar surface area (TPSA) is 49.2 Å². The molecule has 0 spiro atoms. The van der Waals surface area contributed by atoms with Crippen LogP contribution in [0, 0.1) is 5.41 Å². The van der Waals surface area contributed by atoms with Crippen molar-refractivity contribution in [1.82, 2.24) is 14.9 Å². The van der Waals surface area contributed by atoms with Crippen LogP contribution >= 0.6 is 0 Å². The van der Waals surface area contributed by atoms with Gasteiger partial charge >= 0.3 is 0 Å². The van der Waals surface area contributed by atoms with Gasteiger partial charge in [0.15, 0.2) is 0 Å². The molecule has 4 heteroatoms. The average Bonchev–Trinajstić information content (AvgIpc) is 2.41. The molecule has 1 aromatic heterocycles. The summed E-state index contributed by atoms with van der Waals surface area (Å²) >= 11 is 0. The highest BCUT2D eigenvalue weighted by atomic mass is 16.3. The lowest BCUT2D eigenvalue weighted by atomic mass is 9.77. The second-order valence-corrected chi connectivity index (χ2v) is 5.39. The summed E-state index contributed by atoms with van der Waals surface area (Å²) in [6.07, 6.45) is 8.12. The second-order valence-electron chi connectivity index (χ2n) is 5.39. The fraction of sp³-hybridized carbons (Fsp3) is 0.714. The lowest BCUT2D eigenvalue weighted by Gasteiger charge is -2.41. The molecule has 100 valence electrons. The minimum absolute atomic E-state index is 0.0990. The normalized spacial score (nSPS) is 25.2. The summed E-state index contributed by atoms with van der Waals surface area (Å²) in [5, 5.41) is 9.70. The fourth-order valence-electron chi connectivity index (χ4n) is 3.00. The van der Waals surface area contributed by atoms with Gasteiger partial charge in [0, 0.05) is 31.0 Å². The van der Waals surface area contributed by atoms with E-state index in [-0.39, 0.29) is 5.41 Å². The fourth-order valence-corrected chi connectivity index (χ4v) is 3.00. The van der Waals surface area contributed by atoms with Crippen molar-refractivity contribution in [1.29, 1.82) is 0 Å². The van der Waals surface area contributed by atoms with Crippen molar-refractivity contribution in [2.75, 3.05) is 19.7 Å². The number of aliphatic hydroxyl groups excluding tert-OH is 1. The minimum atomic E-state index is 0.0990. The number of rotatable bonds is 5. The first kappa shape index (κ1) is 13.4. The summed E-state index contributed by atoms with van der Waals surface area (Å²) in [6, 6.07) is 1.84. The zero-order chi connectivity index (χ0) is 12.8. The monoisotopic (exact) mass is 249 g/mol. The van der Waals surface area contributed by atoms with Crippen LogP contribution in [0.3, 0.4) is 0 Å². The van der Waals surface area contributed by atoms with Gasteiger partial charge in [-0.3, -0.25) is 4.90 Å². The Morgan fingerprint density at radius 1 is 1.39 bits per heavy atom. The van der Waals surface area contributed by atoms with Crippen LogP contribution in [0.2, 0.25) is 0 Å². The molecule has 1 saturated heterocycles. The van der Waals surface area contributed by atoms with Gasteiger partial charge in [-0.25, -0.2) is 9.97 Å². The summed E-state index contributed by atoms with van der Waals surface area (Å²) in [7, 11) is 0. The van der Waals surface area contributed by atoms with Crippen molar-refractivity contribution >= 4 is 0 Å². The van der Waals surface area contributed by atoms with E-state index in [0.29, 0.717) is 6.61 Å². The van der Waals surface area contributed by atoms with E-state index in [9.17, 15) is 5.11 Å². The Labute approximate surface area is 109 Å². The molecule has 1 aliphatic heterocycles. The SMILES string of the molecule is CCC[C@@]1(CO)CCCN(Cc2ncccn2)C1. The number of aliphatic hydroxyl groups is 1. The van der Waals surface area contributed by atoms with Crippen LogP contribution < -0.4 is 0 Å². The molecule has 0 amide bonds. The lowest BCUT2D eigenvalue weighted by Crippen LogP contribution is -2.45. The van der Waals surface area contributed by atoms with Crippen molar-refractivity contribution in [2.45, 2.75) is 39.2 Å². The summed E-state index contributed by atoms with van der Waals surface area (Å²) in [5.41, 5.74) is 0.0990. The number of aromatic nitrogens is 2. The van der Waals surface area contributed by atoms with Crippen LogP contribution in [0.15, 0.2) is 18.5 Å². The van der Waals surface area contributed by atoms with Crippen LogP contribution in [0.4, 0.5) is 0 Å². The smallest absolute Gasteiger partial charge is 0.142 e. The molecule has 0 aromatic carbocycles. The molecule has 0 radical (unpaired) electrons. The Morgan fingerprint density at radius 2 is 2.17 bits per heavy atom. The van der Waals surface area contributed by atoms with Gasteiger partial charge in [-0.15, -0.1) is 0 Å². The minimum Gasteiger partial charge on any atom is -0.396 e. The van der Waals surface area contributed by atoms with Gasteiger partial charge in [0.05, 0.1) is 6.54 Å². The van der Waals surface area contributed by atoms with Gasteiger partial charge in [-0.1, -0.05) is 13.3 Å². The van der Waals surface area contributed by atoms with Crippen molar-refractivity contribution in [3.63, 3.8) is 0 Å². The predicted molar refractivity (Wildman–Crippen MR) is 71.0 cm³/mol. The highest BCUT2D eigenvalue weighted by Crippen LogP contribution is 2.34. The van der Waals surface area contributed by atoms with E-state index in [1.54, 1.807) is 12.4 Å². The molecule has 0 aliphatic carbocycles. The van der Waals surface area contributed by atoms with Crippen LogP contribution in [0.25, 0.3) is 0 Å². The molecule has 0 unspecified atom stereocenters. The number of hydrogen-bond donors (Lipinski definition) is 1. The molecule has 18 heavy (non-hydrogen) atoms. The lowest BCUT2D eigenvalue weighted by molar-refractivity contribution is 0.0206. The van der Waals surface area contributed by atoms with E-state index in [1.165, 1.54) is 0 Å². The third-order valence-electron chi connectivity index (χ3n) is 3.84. The molecule has 0 bridgehead atoms. The standard InChI is InChI=1S/C14H23N3O/c1-2-5-14(12-18)6-3-9-17(11-14)10-13-15-7-4-8-16-13/h4,7-8,18H,2-3,5-6,9-12H2,1H3/t14-/m1/s1. The Balaban J connectivity index is 1.98. The molecule has 1 aromatic rings. The Hall–Kier alpha value is -1.00. The first-order valence-electron chi connectivity index (χ1n) is 6.87. The molecular formula is C14H23N3O. The third-order valence-corrected chi connectivity index (χ3v) is 3.84. The van der Waals surface area contributed by atoms with Crippen LogP contribution in [0.5, 0.6) is 0 Å². The zero-order valence-corrected chi connectivity index (χ0v) is 11.2. The molecule has 1 aliphatic rings. The van der Waals surface area contributed by atoms with Crippen LogP contribution in [-0.4, -0.2) is 39.7 Å². The number of piperidine rings is 1. The van der Waals surface area contributed by atoms with Crippen LogP contribution in [-0.2, 0) is 6.54 Å². The summed E-state index contributed by atoms with van der Waals surface area (Å²) < 4.78 is 0. The summed E-state index contributed by atoms with van der Waals surface area (Å²) in [5.74, 6) is 0.878.